The lowest BCUT2D eigenvalue weighted by Crippen LogP contribution is -2.43. The van der Waals surface area contributed by atoms with Crippen LogP contribution in [0, 0.1) is 0 Å². The molecule has 0 aromatic heterocycles. The van der Waals surface area contributed by atoms with E-state index in [1.165, 1.54) is 0 Å². The van der Waals surface area contributed by atoms with E-state index >= 15 is 0 Å². The molecule has 1 aromatic carbocycles. The normalized spacial score (nSPS) is 21.6. The summed E-state index contributed by atoms with van der Waals surface area (Å²) in [6.07, 6.45) is -0.143. The van der Waals surface area contributed by atoms with Crippen molar-refractivity contribution in [2.75, 3.05) is 20.2 Å². The van der Waals surface area contributed by atoms with Crippen molar-refractivity contribution in [1.82, 2.24) is 10.6 Å². The Balaban J connectivity index is 0.00000242. The number of nitrogens with one attached hydrogen (secondary N) is 2. The standard InChI is InChI=1S/C15H22N2O4.ClH/c1-10(21-13-5-3-4-12(7-13)20-2)8-17-15(19)14-6-11(18)9-16-14;/h3-5,7,10-11,14,16,18H,6,8-9H2,1-2H3,(H,17,19);1H. The Bertz CT molecular complexity index is 486. The van der Waals surface area contributed by atoms with Crippen LogP contribution >= 0.6 is 12.4 Å². The molecule has 1 aromatic rings. The molecule has 3 N–H and O–H groups in total. The van der Waals surface area contributed by atoms with Gasteiger partial charge in [0.15, 0.2) is 0 Å². The molecule has 0 spiro atoms. The van der Waals surface area contributed by atoms with E-state index in [2.05, 4.69) is 10.6 Å². The number of aliphatic hydroxyl groups is 1. The molecule has 1 saturated heterocycles. The maximum absolute atomic E-state index is 11.9. The molecule has 7 heteroatoms. The third-order valence-corrected chi connectivity index (χ3v) is 3.37. The van der Waals surface area contributed by atoms with E-state index in [4.69, 9.17) is 9.47 Å². The second kappa shape index (κ2) is 8.82. The number of rotatable bonds is 6. The summed E-state index contributed by atoms with van der Waals surface area (Å²) in [7, 11) is 1.60. The number of halogens is 1. The number of benzene rings is 1. The second-order valence-electron chi connectivity index (χ2n) is 5.20. The minimum atomic E-state index is -0.439. The highest BCUT2D eigenvalue weighted by atomic mass is 35.5. The summed E-state index contributed by atoms with van der Waals surface area (Å²) >= 11 is 0. The molecule has 3 unspecified atom stereocenters. The maximum atomic E-state index is 11.9. The zero-order chi connectivity index (χ0) is 15.2. The Morgan fingerprint density at radius 1 is 1.50 bits per heavy atom. The number of carbonyl (C=O) groups excluding carboxylic acids is 1. The average Bonchev–Trinajstić information content (AvgIpc) is 2.91. The second-order valence-corrected chi connectivity index (χ2v) is 5.20. The van der Waals surface area contributed by atoms with E-state index in [1.807, 2.05) is 25.1 Å². The molecule has 0 bridgehead atoms. The maximum Gasteiger partial charge on any atom is 0.237 e. The first-order chi connectivity index (χ1) is 10.1. The fraction of sp³-hybridized carbons (Fsp3) is 0.533. The molecule has 1 amide bonds. The van der Waals surface area contributed by atoms with E-state index < -0.39 is 6.10 Å². The van der Waals surface area contributed by atoms with Crippen LogP contribution in [0.1, 0.15) is 13.3 Å². The summed E-state index contributed by atoms with van der Waals surface area (Å²) in [4.78, 5) is 11.9. The first kappa shape index (κ1) is 18.5. The third kappa shape index (κ3) is 5.36. The van der Waals surface area contributed by atoms with Crippen LogP contribution < -0.4 is 20.1 Å². The lowest BCUT2D eigenvalue weighted by Gasteiger charge is -2.17. The van der Waals surface area contributed by atoms with Crippen LogP contribution in [0.4, 0.5) is 0 Å². The topological polar surface area (TPSA) is 79.8 Å². The molecule has 1 fully saturated rings. The Labute approximate surface area is 136 Å². The smallest absolute Gasteiger partial charge is 0.237 e. The fourth-order valence-electron chi connectivity index (χ4n) is 2.23. The van der Waals surface area contributed by atoms with Gasteiger partial charge < -0.3 is 25.2 Å². The van der Waals surface area contributed by atoms with Gasteiger partial charge >= 0.3 is 0 Å². The fourth-order valence-corrected chi connectivity index (χ4v) is 2.23. The molecule has 0 aliphatic carbocycles. The number of methoxy groups -OCH3 is 1. The summed E-state index contributed by atoms with van der Waals surface area (Å²) in [6.45, 7) is 2.76. The minimum Gasteiger partial charge on any atom is -0.497 e. The summed E-state index contributed by atoms with van der Waals surface area (Å²) in [5.74, 6) is 1.33. The van der Waals surface area contributed by atoms with Crippen LogP contribution in [0.5, 0.6) is 11.5 Å². The average molecular weight is 331 g/mol. The number of ether oxygens (including phenoxy) is 2. The van der Waals surface area contributed by atoms with Crippen molar-refractivity contribution in [2.24, 2.45) is 0 Å². The Morgan fingerprint density at radius 2 is 2.23 bits per heavy atom. The van der Waals surface area contributed by atoms with Crippen LogP contribution in [-0.4, -0.2) is 49.5 Å². The molecule has 3 atom stereocenters. The molecular formula is C15H23ClN2O4. The van der Waals surface area contributed by atoms with E-state index in [-0.39, 0.29) is 30.5 Å². The quantitative estimate of drug-likeness (QED) is 0.716. The van der Waals surface area contributed by atoms with Gasteiger partial charge in [0.2, 0.25) is 5.91 Å². The van der Waals surface area contributed by atoms with E-state index in [0.29, 0.717) is 25.3 Å². The van der Waals surface area contributed by atoms with Crippen molar-refractivity contribution in [3.05, 3.63) is 24.3 Å². The van der Waals surface area contributed by atoms with Gasteiger partial charge in [-0.1, -0.05) is 6.07 Å². The van der Waals surface area contributed by atoms with Crippen LogP contribution in [0.3, 0.4) is 0 Å². The molecule has 6 nitrogen and oxygen atoms in total. The highest BCUT2D eigenvalue weighted by Crippen LogP contribution is 2.19. The first-order valence-corrected chi connectivity index (χ1v) is 7.08. The molecule has 2 rings (SSSR count). The number of hydrogen-bond donors (Lipinski definition) is 3. The van der Waals surface area contributed by atoms with Gasteiger partial charge in [-0.25, -0.2) is 0 Å². The molecule has 0 radical (unpaired) electrons. The van der Waals surface area contributed by atoms with Gasteiger partial charge in [0.1, 0.15) is 17.6 Å². The van der Waals surface area contributed by atoms with Gasteiger partial charge in [-0.2, -0.15) is 0 Å². The molecule has 0 saturated carbocycles. The molecule has 1 heterocycles. The van der Waals surface area contributed by atoms with Crippen molar-refractivity contribution in [2.45, 2.75) is 31.6 Å². The lowest BCUT2D eigenvalue weighted by atomic mass is 10.2. The van der Waals surface area contributed by atoms with E-state index in [1.54, 1.807) is 13.2 Å². The van der Waals surface area contributed by atoms with Crippen LogP contribution in [-0.2, 0) is 4.79 Å². The lowest BCUT2D eigenvalue weighted by molar-refractivity contribution is -0.123. The number of carbonyl (C=O) groups is 1. The van der Waals surface area contributed by atoms with Crippen molar-refractivity contribution in [3.63, 3.8) is 0 Å². The summed E-state index contributed by atoms with van der Waals surface area (Å²) < 4.78 is 10.9. The van der Waals surface area contributed by atoms with Crippen molar-refractivity contribution < 1.29 is 19.4 Å². The summed E-state index contributed by atoms with van der Waals surface area (Å²) in [5.41, 5.74) is 0. The minimum absolute atomic E-state index is 0. The van der Waals surface area contributed by atoms with E-state index in [9.17, 15) is 9.90 Å². The predicted octanol–water partition coefficient (Wildman–Crippen LogP) is 0.723. The summed E-state index contributed by atoms with van der Waals surface area (Å²) in [5, 5.41) is 15.2. The SMILES string of the molecule is COc1cccc(OC(C)CNC(=O)C2CC(O)CN2)c1.Cl. The Hall–Kier alpha value is -1.50. The molecule has 124 valence electrons. The Morgan fingerprint density at radius 3 is 2.86 bits per heavy atom. The van der Waals surface area contributed by atoms with Gasteiger partial charge in [0.25, 0.3) is 0 Å². The highest BCUT2D eigenvalue weighted by Gasteiger charge is 2.27. The van der Waals surface area contributed by atoms with Gasteiger partial charge in [-0.3, -0.25) is 4.79 Å². The molecule has 22 heavy (non-hydrogen) atoms. The Kier molecular flexibility index (Phi) is 7.44. The van der Waals surface area contributed by atoms with Gasteiger partial charge in [-0.05, 0) is 25.5 Å². The molecule has 1 aliphatic rings. The van der Waals surface area contributed by atoms with Gasteiger partial charge in [0, 0.05) is 12.6 Å². The molecular weight excluding hydrogens is 308 g/mol. The van der Waals surface area contributed by atoms with Gasteiger partial charge in [-0.15, -0.1) is 12.4 Å². The van der Waals surface area contributed by atoms with Gasteiger partial charge in [0.05, 0.1) is 25.8 Å². The van der Waals surface area contributed by atoms with Crippen LogP contribution in [0.25, 0.3) is 0 Å². The zero-order valence-electron chi connectivity index (χ0n) is 12.7. The number of hydrogen-bond acceptors (Lipinski definition) is 5. The predicted molar refractivity (Wildman–Crippen MR) is 85.8 cm³/mol. The monoisotopic (exact) mass is 330 g/mol. The van der Waals surface area contributed by atoms with Crippen LogP contribution in [0.2, 0.25) is 0 Å². The highest BCUT2D eigenvalue weighted by molar-refractivity contribution is 5.85. The summed E-state index contributed by atoms with van der Waals surface area (Å²) in [6, 6.07) is 7.02. The first-order valence-electron chi connectivity index (χ1n) is 7.08. The number of aliphatic hydroxyl groups excluding tert-OH is 1. The number of amides is 1. The van der Waals surface area contributed by atoms with E-state index in [0.717, 1.165) is 5.75 Å². The van der Waals surface area contributed by atoms with Crippen molar-refractivity contribution in [1.29, 1.82) is 0 Å². The zero-order valence-corrected chi connectivity index (χ0v) is 13.6. The number of β-amino-alcohol motifs (C(OH)–C–C–N with tert-alkyl or cyclic N) is 1. The van der Waals surface area contributed by atoms with Crippen LogP contribution in [0.15, 0.2) is 24.3 Å². The van der Waals surface area contributed by atoms with Crippen molar-refractivity contribution in [3.8, 4) is 11.5 Å². The largest absolute Gasteiger partial charge is 0.497 e. The third-order valence-electron chi connectivity index (χ3n) is 3.37. The molecule has 1 aliphatic heterocycles. The van der Waals surface area contributed by atoms with Crippen molar-refractivity contribution >= 4 is 18.3 Å².